The zero-order valence-corrected chi connectivity index (χ0v) is 7.52. The molecule has 2 atom stereocenters. The summed E-state index contributed by atoms with van der Waals surface area (Å²) >= 11 is 0. The first-order valence-electron chi connectivity index (χ1n) is 4.40. The summed E-state index contributed by atoms with van der Waals surface area (Å²) in [4.78, 5) is 0. The van der Waals surface area contributed by atoms with Crippen LogP contribution in [0.25, 0.3) is 0 Å². The minimum Gasteiger partial charge on any atom is -0.386 e. The van der Waals surface area contributed by atoms with Crippen LogP contribution >= 0.6 is 0 Å². The van der Waals surface area contributed by atoms with Gasteiger partial charge in [-0.25, -0.2) is 0 Å². The van der Waals surface area contributed by atoms with Gasteiger partial charge in [0.25, 0.3) is 0 Å². The highest BCUT2D eigenvalue weighted by atomic mass is 16.3. The molecule has 3 rings (SSSR count). The second kappa shape index (κ2) is 1.71. The van der Waals surface area contributed by atoms with E-state index in [1.807, 2.05) is 6.92 Å². The molecule has 1 fully saturated rings. The molecule has 0 aromatic heterocycles. The number of rotatable bonds is 0. The van der Waals surface area contributed by atoms with Gasteiger partial charge in [0, 0.05) is 0 Å². The van der Waals surface area contributed by atoms with Gasteiger partial charge in [-0.1, -0.05) is 19.9 Å². The Bertz CT molecular complexity index is 223. The van der Waals surface area contributed by atoms with Crippen molar-refractivity contribution in [3.63, 3.8) is 0 Å². The maximum atomic E-state index is 9.95. The molecular weight excluding hydrogens is 136 g/mol. The van der Waals surface area contributed by atoms with E-state index in [4.69, 9.17) is 0 Å². The van der Waals surface area contributed by atoms with Crippen molar-refractivity contribution >= 4 is 0 Å². The van der Waals surface area contributed by atoms with Crippen LogP contribution in [-0.2, 0) is 0 Å². The lowest BCUT2D eigenvalue weighted by molar-refractivity contribution is 0.000126. The fraction of sp³-hybridized carbons (Fsp3) is 0.800. The predicted octanol–water partition coefficient (Wildman–Crippen LogP) is 2.11. The van der Waals surface area contributed by atoms with Gasteiger partial charge in [-0.05, 0) is 36.7 Å². The van der Waals surface area contributed by atoms with Crippen molar-refractivity contribution in [3.05, 3.63) is 11.6 Å². The topological polar surface area (TPSA) is 20.2 Å². The number of aliphatic hydroxyl groups is 1. The first kappa shape index (κ1) is 7.35. The molecule has 1 saturated carbocycles. The van der Waals surface area contributed by atoms with Gasteiger partial charge in [-0.2, -0.15) is 0 Å². The quantitative estimate of drug-likeness (QED) is 0.527. The zero-order valence-electron chi connectivity index (χ0n) is 7.52. The van der Waals surface area contributed by atoms with Gasteiger partial charge >= 0.3 is 0 Å². The highest BCUT2D eigenvalue weighted by Crippen LogP contribution is 2.57. The van der Waals surface area contributed by atoms with E-state index in [0.29, 0.717) is 0 Å². The van der Waals surface area contributed by atoms with Crippen LogP contribution in [0.1, 0.15) is 33.6 Å². The minimum atomic E-state index is -0.502. The van der Waals surface area contributed by atoms with Crippen LogP contribution < -0.4 is 0 Å². The predicted molar refractivity (Wildman–Crippen MR) is 45.2 cm³/mol. The minimum absolute atomic E-state index is 0.280. The van der Waals surface area contributed by atoms with Crippen LogP contribution in [0.3, 0.4) is 0 Å². The van der Waals surface area contributed by atoms with Crippen LogP contribution in [0, 0.1) is 11.3 Å². The van der Waals surface area contributed by atoms with E-state index in [0.717, 1.165) is 18.8 Å². The molecule has 0 saturated heterocycles. The smallest absolute Gasteiger partial charge is 0.0834 e. The van der Waals surface area contributed by atoms with Crippen LogP contribution in [0.2, 0.25) is 0 Å². The standard InChI is InChI=1S/C10H16O/c1-9(2)7-4-5-10(3,11)8(9)6-7/h6-7,11H,4-5H2,1-3H3/t7-,10-/m0/s1. The summed E-state index contributed by atoms with van der Waals surface area (Å²) in [6.45, 7) is 6.41. The van der Waals surface area contributed by atoms with Crippen LogP contribution in [0.15, 0.2) is 11.6 Å². The molecule has 0 radical (unpaired) electrons. The molecule has 3 aliphatic rings. The summed E-state index contributed by atoms with van der Waals surface area (Å²) in [5.41, 5.74) is 1.04. The second-order valence-corrected chi connectivity index (χ2v) is 4.72. The fourth-order valence-corrected chi connectivity index (χ4v) is 2.62. The molecule has 3 aliphatic carbocycles. The van der Waals surface area contributed by atoms with Gasteiger partial charge in [-0.15, -0.1) is 0 Å². The third-order valence-electron chi connectivity index (χ3n) is 3.51. The molecule has 62 valence electrons. The molecule has 1 heteroatoms. The molecule has 1 nitrogen and oxygen atoms in total. The maximum Gasteiger partial charge on any atom is 0.0834 e. The Morgan fingerprint density at radius 3 is 2.36 bits per heavy atom. The number of hydrogen-bond acceptors (Lipinski definition) is 1. The maximum absolute atomic E-state index is 9.95. The van der Waals surface area contributed by atoms with E-state index in [1.54, 1.807) is 0 Å². The van der Waals surface area contributed by atoms with E-state index < -0.39 is 5.60 Å². The largest absolute Gasteiger partial charge is 0.386 e. The van der Waals surface area contributed by atoms with Gasteiger partial charge in [-0.3, -0.25) is 0 Å². The fourth-order valence-electron chi connectivity index (χ4n) is 2.62. The Balaban J connectivity index is 2.37. The first-order valence-corrected chi connectivity index (χ1v) is 4.40. The van der Waals surface area contributed by atoms with Crippen molar-refractivity contribution in [1.29, 1.82) is 0 Å². The third-order valence-corrected chi connectivity index (χ3v) is 3.51. The van der Waals surface area contributed by atoms with E-state index in [-0.39, 0.29) is 5.41 Å². The van der Waals surface area contributed by atoms with E-state index in [1.165, 1.54) is 5.57 Å². The summed E-state index contributed by atoms with van der Waals surface area (Å²) in [6.07, 6.45) is 4.36. The van der Waals surface area contributed by atoms with Crippen LogP contribution in [-0.4, -0.2) is 10.7 Å². The van der Waals surface area contributed by atoms with Crippen molar-refractivity contribution in [2.75, 3.05) is 0 Å². The van der Waals surface area contributed by atoms with Crippen molar-refractivity contribution in [1.82, 2.24) is 0 Å². The number of allylic oxidation sites excluding steroid dienone is 1. The Morgan fingerprint density at radius 1 is 1.45 bits per heavy atom. The third kappa shape index (κ3) is 0.750. The number of hydrogen-bond donors (Lipinski definition) is 1. The molecule has 0 unspecified atom stereocenters. The van der Waals surface area contributed by atoms with Gasteiger partial charge in [0.1, 0.15) is 0 Å². The molecule has 0 aromatic rings. The van der Waals surface area contributed by atoms with Crippen LogP contribution in [0.4, 0.5) is 0 Å². The normalized spacial score (nSPS) is 46.2. The van der Waals surface area contributed by atoms with Crippen molar-refractivity contribution in [2.45, 2.75) is 39.2 Å². The molecule has 2 bridgehead atoms. The van der Waals surface area contributed by atoms with Crippen LogP contribution in [0.5, 0.6) is 0 Å². The molecule has 0 spiro atoms. The summed E-state index contributed by atoms with van der Waals surface area (Å²) in [5.74, 6) is 0.734. The first-order chi connectivity index (χ1) is 4.94. The average Bonchev–Trinajstić information content (AvgIpc) is 1.84. The molecular formula is C10H16O. The second-order valence-electron chi connectivity index (χ2n) is 4.72. The molecule has 0 aliphatic heterocycles. The van der Waals surface area contributed by atoms with Gasteiger partial charge in [0.15, 0.2) is 0 Å². The summed E-state index contributed by atoms with van der Waals surface area (Å²) in [6, 6.07) is 0. The summed E-state index contributed by atoms with van der Waals surface area (Å²) < 4.78 is 0. The van der Waals surface area contributed by atoms with E-state index in [2.05, 4.69) is 19.9 Å². The Kier molecular flexibility index (Phi) is 1.15. The summed E-state index contributed by atoms with van der Waals surface area (Å²) in [5, 5.41) is 9.95. The lowest BCUT2D eigenvalue weighted by Crippen LogP contribution is -2.50. The summed E-state index contributed by atoms with van der Waals surface area (Å²) in [7, 11) is 0. The highest BCUT2D eigenvalue weighted by Gasteiger charge is 2.51. The molecule has 1 N–H and O–H groups in total. The lowest BCUT2D eigenvalue weighted by Gasteiger charge is -2.54. The number of fused-ring (bicyclic) bond motifs is 2. The Labute approximate surface area is 68.1 Å². The van der Waals surface area contributed by atoms with Crippen molar-refractivity contribution in [2.24, 2.45) is 11.3 Å². The van der Waals surface area contributed by atoms with E-state index in [9.17, 15) is 5.11 Å². The molecule has 0 amide bonds. The Hall–Kier alpha value is -0.300. The Morgan fingerprint density at radius 2 is 2.09 bits per heavy atom. The lowest BCUT2D eigenvalue weighted by atomic mass is 9.52. The molecule has 0 heterocycles. The van der Waals surface area contributed by atoms with Crippen molar-refractivity contribution < 1.29 is 5.11 Å². The molecule has 0 aromatic carbocycles. The van der Waals surface area contributed by atoms with E-state index >= 15 is 0 Å². The average molecular weight is 152 g/mol. The van der Waals surface area contributed by atoms with Gasteiger partial charge in [0.05, 0.1) is 5.60 Å². The highest BCUT2D eigenvalue weighted by molar-refractivity contribution is 5.37. The molecule has 11 heavy (non-hydrogen) atoms. The monoisotopic (exact) mass is 152 g/mol. The van der Waals surface area contributed by atoms with Gasteiger partial charge < -0.3 is 5.11 Å². The zero-order chi connectivity index (χ0) is 8.28. The van der Waals surface area contributed by atoms with Crippen molar-refractivity contribution in [3.8, 4) is 0 Å². The SMILES string of the molecule is CC1(C)C2=C[C@@H]1CC[C@]2(C)O. The van der Waals surface area contributed by atoms with Gasteiger partial charge in [0.2, 0.25) is 0 Å².